The maximum absolute atomic E-state index is 13.1. The Morgan fingerprint density at radius 1 is 1.30 bits per heavy atom. The molecule has 1 aromatic heterocycles. The van der Waals surface area contributed by atoms with Crippen molar-refractivity contribution in [3.05, 3.63) is 47.8 Å². The van der Waals surface area contributed by atoms with Crippen LogP contribution in [0.15, 0.2) is 36.5 Å². The van der Waals surface area contributed by atoms with Crippen LogP contribution in [0.25, 0.3) is 5.69 Å². The number of hydrogen-bond acceptors (Lipinski definition) is 4. The summed E-state index contributed by atoms with van der Waals surface area (Å²) in [5.41, 5.74) is 2.14. The van der Waals surface area contributed by atoms with E-state index in [0.29, 0.717) is 25.1 Å². The molecule has 0 aliphatic carbocycles. The van der Waals surface area contributed by atoms with E-state index in [2.05, 4.69) is 5.10 Å². The molecule has 1 N–H and O–H groups in total. The maximum atomic E-state index is 13.1. The molecule has 27 heavy (non-hydrogen) atoms. The number of hydrogen-bond donors (Lipinski definition) is 1. The molecule has 1 fully saturated rings. The SMILES string of the molecule is COCc1c(C(=O)N2CCCC(CCC(=O)O)C2)cnn1-c1ccccc1. The van der Waals surface area contributed by atoms with Crippen LogP contribution in [0.4, 0.5) is 0 Å². The van der Waals surface area contributed by atoms with Gasteiger partial charge >= 0.3 is 5.97 Å². The van der Waals surface area contributed by atoms with Crippen molar-refractivity contribution in [2.75, 3.05) is 20.2 Å². The van der Waals surface area contributed by atoms with Gasteiger partial charge < -0.3 is 14.7 Å². The molecule has 1 saturated heterocycles. The lowest BCUT2D eigenvalue weighted by atomic mass is 9.93. The summed E-state index contributed by atoms with van der Waals surface area (Å²) in [6.07, 6.45) is 4.21. The molecule has 144 valence electrons. The Morgan fingerprint density at radius 3 is 2.78 bits per heavy atom. The zero-order chi connectivity index (χ0) is 19.2. The Kier molecular flexibility index (Phi) is 6.24. The van der Waals surface area contributed by atoms with Crippen LogP contribution in [0.3, 0.4) is 0 Å². The summed E-state index contributed by atoms with van der Waals surface area (Å²) in [5, 5.41) is 13.3. The number of aliphatic carboxylic acids is 1. The Morgan fingerprint density at radius 2 is 2.07 bits per heavy atom. The van der Waals surface area contributed by atoms with Crippen LogP contribution < -0.4 is 0 Å². The van der Waals surface area contributed by atoms with E-state index in [-0.39, 0.29) is 24.9 Å². The van der Waals surface area contributed by atoms with Crippen LogP contribution in [0.2, 0.25) is 0 Å². The van der Waals surface area contributed by atoms with E-state index < -0.39 is 5.97 Å². The van der Waals surface area contributed by atoms with E-state index in [4.69, 9.17) is 9.84 Å². The van der Waals surface area contributed by atoms with E-state index in [0.717, 1.165) is 24.2 Å². The summed E-state index contributed by atoms with van der Waals surface area (Å²) in [5.74, 6) is -0.622. The van der Waals surface area contributed by atoms with Gasteiger partial charge in [0.2, 0.25) is 0 Å². The van der Waals surface area contributed by atoms with Crippen LogP contribution in [0.5, 0.6) is 0 Å². The third kappa shape index (κ3) is 4.54. The van der Waals surface area contributed by atoms with Gasteiger partial charge in [0, 0.05) is 26.6 Å². The highest BCUT2D eigenvalue weighted by Crippen LogP contribution is 2.24. The fourth-order valence-corrected chi connectivity index (χ4v) is 3.60. The number of carbonyl (C=O) groups is 2. The minimum atomic E-state index is -0.787. The molecule has 2 aromatic rings. The minimum absolute atomic E-state index is 0.0655. The summed E-state index contributed by atoms with van der Waals surface area (Å²) in [6.45, 7) is 1.56. The number of likely N-dealkylation sites (tertiary alicyclic amines) is 1. The maximum Gasteiger partial charge on any atom is 0.303 e. The van der Waals surface area contributed by atoms with Crippen LogP contribution in [0.1, 0.15) is 41.7 Å². The number of methoxy groups -OCH3 is 1. The number of ether oxygens (including phenoxy) is 1. The molecule has 7 nitrogen and oxygen atoms in total. The second-order valence-electron chi connectivity index (χ2n) is 6.88. The smallest absolute Gasteiger partial charge is 0.303 e. The lowest BCUT2D eigenvalue weighted by Crippen LogP contribution is -2.40. The van der Waals surface area contributed by atoms with Crippen LogP contribution in [-0.4, -0.2) is 51.9 Å². The number of benzene rings is 1. The first-order chi connectivity index (χ1) is 13.1. The van der Waals surface area contributed by atoms with Crippen molar-refractivity contribution >= 4 is 11.9 Å². The number of nitrogens with zero attached hydrogens (tertiary/aromatic N) is 3. The van der Waals surface area contributed by atoms with E-state index in [1.807, 2.05) is 35.2 Å². The van der Waals surface area contributed by atoms with Gasteiger partial charge in [0.15, 0.2) is 0 Å². The molecule has 1 aliphatic rings. The molecular weight excluding hydrogens is 346 g/mol. The Balaban J connectivity index is 1.80. The lowest BCUT2D eigenvalue weighted by molar-refractivity contribution is -0.137. The number of amides is 1. The van der Waals surface area contributed by atoms with Crippen molar-refractivity contribution < 1.29 is 19.4 Å². The third-order valence-electron chi connectivity index (χ3n) is 4.95. The summed E-state index contributed by atoms with van der Waals surface area (Å²) in [7, 11) is 1.60. The van der Waals surface area contributed by atoms with Crippen molar-refractivity contribution in [3.8, 4) is 5.69 Å². The van der Waals surface area contributed by atoms with Crippen molar-refractivity contribution in [2.45, 2.75) is 32.3 Å². The van der Waals surface area contributed by atoms with Crippen molar-refractivity contribution in [3.63, 3.8) is 0 Å². The number of para-hydroxylation sites is 1. The highest BCUT2D eigenvalue weighted by Gasteiger charge is 2.28. The Hall–Kier alpha value is -2.67. The molecule has 1 atom stereocenters. The van der Waals surface area contributed by atoms with Crippen LogP contribution in [0, 0.1) is 5.92 Å². The highest BCUT2D eigenvalue weighted by molar-refractivity contribution is 5.95. The summed E-state index contributed by atoms with van der Waals surface area (Å²) in [4.78, 5) is 25.8. The molecule has 0 radical (unpaired) electrons. The zero-order valence-electron chi connectivity index (χ0n) is 15.5. The van der Waals surface area contributed by atoms with Crippen molar-refractivity contribution in [2.24, 2.45) is 5.92 Å². The molecule has 2 heterocycles. The first-order valence-corrected chi connectivity index (χ1v) is 9.22. The number of carboxylic acid groups (broad SMARTS) is 1. The predicted molar refractivity (Wildman–Crippen MR) is 99.8 cm³/mol. The zero-order valence-corrected chi connectivity index (χ0v) is 15.5. The number of rotatable bonds is 7. The van der Waals surface area contributed by atoms with Crippen LogP contribution >= 0.6 is 0 Å². The topological polar surface area (TPSA) is 84.7 Å². The van der Waals surface area contributed by atoms with E-state index in [1.165, 1.54) is 0 Å². The first kappa shape index (κ1) is 19.1. The molecule has 3 rings (SSSR count). The van der Waals surface area contributed by atoms with Crippen molar-refractivity contribution in [1.82, 2.24) is 14.7 Å². The van der Waals surface area contributed by atoms with Gasteiger partial charge in [0.05, 0.1) is 29.7 Å². The average molecular weight is 371 g/mol. The van der Waals surface area contributed by atoms with Gasteiger partial charge in [0.1, 0.15) is 0 Å². The molecule has 1 unspecified atom stereocenters. The molecule has 1 aromatic carbocycles. The Labute approximate surface area is 158 Å². The summed E-state index contributed by atoms with van der Waals surface area (Å²) < 4.78 is 7.05. The average Bonchev–Trinajstić information content (AvgIpc) is 3.10. The third-order valence-corrected chi connectivity index (χ3v) is 4.95. The fraction of sp³-hybridized carbons (Fsp3) is 0.450. The van der Waals surface area contributed by atoms with Gasteiger partial charge in [-0.3, -0.25) is 9.59 Å². The van der Waals surface area contributed by atoms with Gasteiger partial charge in [-0.05, 0) is 37.3 Å². The van der Waals surface area contributed by atoms with Gasteiger partial charge in [-0.1, -0.05) is 18.2 Å². The number of piperidine rings is 1. The first-order valence-electron chi connectivity index (χ1n) is 9.22. The van der Waals surface area contributed by atoms with E-state index in [9.17, 15) is 9.59 Å². The molecule has 1 aliphatic heterocycles. The number of aromatic nitrogens is 2. The standard InChI is InChI=1S/C20H25N3O4/c1-27-14-18-17(12-21-23(18)16-7-3-2-4-8-16)20(26)22-11-5-6-15(13-22)9-10-19(24)25/h2-4,7-8,12,15H,5-6,9-11,13-14H2,1H3,(H,24,25). The quantitative estimate of drug-likeness (QED) is 0.809. The van der Waals surface area contributed by atoms with Gasteiger partial charge in [-0.2, -0.15) is 5.10 Å². The van der Waals surface area contributed by atoms with Crippen molar-refractivity contribution in [1.29, 1.82) is 0 Å². The molecule has 0 saturated carbocycles. The molecule has 0 spiro atoms. The predicted octanol–water partition coefficient (Wildman–Crippen LogP) is 2.74. The summed E-state index contributed by atoms with van der Waals surface area (Å²) in [6, 6.07) is 9.64. The molecule has 7 heteroatoms. The second-order valence-corrected chi connectivity index (χ2v) is 6.88. The van der Waals surface area contributed by atoms with E-state index >= 15 is 0 Å². The number of carbonyl (C=O) groups excluding carboxylic acids is 1. The van der Waals surface area contributed by atoms with E-state index in [1.54, 1.807) is 18.0 Å². The normalized spacial score (nSPS) is 17.1. The largest absolute Gasteiger partial charge is 0.481 e. The fourth-order valence-electron chi connectivity index (χ4n) is 3.60. The summed E-state index contributed by atoms with van der Waals surface area (Å²) >= 11 is 0. The molecular formula is C20H25N3O4. The van der Waals surface area contributed by atoms with Gasteiger partial charge in [0.25, 0.3) is 5.91 Å². The van der Waals surface area contributed by atoms with Gasteiger partial charge in [-0.15, -0.1) is 0 Å². The monoisotopic (exact) mass is 371 g/mol. The number of carboxylic acids is 1. The lowest BCUT2D eigenvalue weighted by Gasteiger charge is -2.32. The van der Waals surface area contributed by atoms with Gasteiger partial charge in [-0.25, -0.2) is 4.68 Å². The van der Waals surface area contributed by atoms with Crippen LogP contribution in [-0.2, 0) is 16.1 Å². The minimum Gasteiger partial charge on any atom is -0.481 e. The highest BCUT2D eigenvalue weighted by atomic mass is 16.5. The molecule has 0 bridgehead atoms. The second kappa shape index (κ2) is 8.81. The molecule has 1 amide bonds. The Bertz CT molecular complexity index is 788.